The summed E-state index contributed by atoms with van der Waals surface area (Å²) in [5.41, 5.74) is 3.73. The Labute approximate surface area is 288 Å². The Balaban J connectivity index is 1.61. The molecule has 0 spiro atoms. The van der Waals surface area contributed by atoms with Crippen LogP contribution in [0.5, 0.6) is 0 Å². The van der Waals surface area contributed by atoms with Gasteiger partial charge in [-0.15, -0.1) is 0 Å². The van der Waals surface area contributed by atoms with Crippen LogP contribution in [0.2, 0.25) is 20.1 Å². The van der Waals surface area contributed by atoms with E-state index in [1.54, 1.807) is 73.3 Å². The van der Waals surface area contributed by atoms with E-state index in [1.807, 2.05) is 18.2 Å². The molecule has 1 aliphatic heterocycles. The molecule has 0 amide bonds. The predicted octanol–water partition coefficient (Wildman–Crippen LogP) is 9.79. The van der Waals surface area contributed by atoms with E-state index in [0.717, 1.165) is 0 Å². The zero-order valence-corrected chi connectivity index (χ0v) is 27.7. The largest absolute Gasteiger partial charge is 0.281 e. The maximum Gasteiger partial charge on any atom is 0.281 e. The fourth-order valence-electron chi connectivity index (χ4n) is 6.07. The molecule has 47 heavy (non-hydrogen) atoms. The van der Waals surface area contributed by atoms with Gasteiger partial charge in [-0.3, -0.25) is 14.5 Å². The van der Waals surface area contributed by atoms with E-state index in [9.17, 15) is 14.0 Å². The second-order valence-electron chi connectivity index (χ2n) is 10.9. The van der Waals surface area contributed by atoms with Crippen LogP contribution >= 0.6 is 46.4 Å². The maximum absolute atomic E-state index is 14.6. The van der Waals surface area contributed by atoms with Gasteiger partial charge in [-0.25, -0.2) is 4.39 Å². The monoisotopic (exact) mass is 703 g/mol. The zero-order chi connectivity index (χ0) is 33.1. The molecule has 0 unspecified atom stereocenters. The third-order valence-corrected chi connectivity index (χ3v) is 9.43. The molecule has 0 atom stereocenters. The molecule has 1 aliphatic rings. The molecule has 0 saturated heterocycles. The van der Waals surface area contributed by atoms with Crippen molar-refractivity contribution in [3.63, 3.8) is 0 Å². The van der Waals surface area contributed by atoms with Crippen LogP contribution in [0.1, 0.15) is 54.7 Å². The Hall–Kier alpha value is -4.47. The van der Waals surface area contributed by atoms with Gasteiger partial charge < -0.3 is 0 Å². The molecule has 2 aromatic heterocycles. The summed E-state index contributed by atoms with van der Waals surface area (Å²) in [7, 11) is 0. The number of nitrogens with zero attached hydrogens (tertiary/aromatic N) is 5. The number of carbonyl (C=O) groups is 2. The van der Waals surface area contributed by atoms with Gasteiger partial charge >= 0.3 is 0 Å². The molecule has 7 rings (SSSR count). The number of rotatable bonds is 4. The summed E-state index contributed by atoms with van der Waals surface area (Å²) in [4.78, 5) is 30.3. The quantitative estimate of drug-likeness (QED) is 0.182. The van der Waals surface area contributed by atoms with Gasteiger partial charge in [-0.05, 0) is 67.9 Å². The number of hydrogen-bond acceptors (Lipinski definition) is 5. The van der Waals surface area contributed by atoms with E-state index in [4.69, 9.17) is 56.6 Å². The third-order valence-electron chi connectivity index (χ3n) is 8.13. The highest BCUT2D eigenvalue weighted by Gasteiger charge is 2.44. The maximum atomic E-state index is 14.6. The van der Waals surface area contributed by atoms with Crippen LogP contribution in [0.3, 0.4) is 0 Å². The molecule has 6 aromatic rings. The smallest absolute Gasteiger partial charge is 0.278 e. The standard InChI is InChI=1S/C35H22Cl4FN5O2/c1-18-29-31(21-9-3-6-12-24(21)36)30-19(2)42-45(35(47)23-11-5-8-14-26(23)38)33(30)43(20-15-16-28(40)27(39)17-20)32(29)44(41-18)34(46)22-10-4-7-13-25(22)37/h3-17,31H,1-2H3. The van der Waals surface area contributed by atoms with Gasteiger partial charge in [0.15, 0.2) is 11.6 Å². The first kappa shape index (κ1) is 31.1. The second kappa shape index (κ2) is 12.0. The van der Waals surface area contributed by atoms with Crippen molar-refractivity contribution in [1.82, 2.24) is 19.6 Å². The SMILES string of the molecule is Cc1nn(C(=O)c2ccccc2Cl)c2c1C(c1ccccc1Cl)c1c(C)nn(C(=O)c3ccccc3Cl)c1N2c1ccc(F)c(Cl)c1. The summed E-state index contributed by atoms with van der Waals surface area (Å²) < 4.78 is 17.1. The summed E-state index contributed by atoms with van der Waals surface area (Å²) in [5, 5.41) is 10.2. The lowest BCUT2D eigenvalue weighted by molar-refractivity contribution is 0.0942. The number of aromatic nitrogens is 4. The van der Waals surface area contributed by atoms with Gasteiger partial charge in [0.05, 0.1) is 43.3 Å². The number of aryl methyl sites for hydroxylation is 2. The predicted molar refractivity (Wildman–Crippen MR) is 182 cm³/mol. The van der Waals surface area contributed by atoms with Crippen LogP contribution in [0.15, 0.2) is 91.0 Å². The number of anilines is 3. The van der Waals surface area contributed by atoms with Gasteiger partial charge in [0, 0.05) is 22.1 Å². The van der Waals surface area contributed by atoms with Crippen molar-refractivity contribution in [1.29, 1.82) is 0 Å². The van der Waals surface area contributed by atoms with E-state index in [-0.39, 0.29) is 37.8 Å². The van der Waals surface area contributed by atoms with Crippen LogP contribution < -0.4 is 4.90 Å². The Morgan fingerprint density at radius 2 is 1.11 bits per heavy atom. The van der Waals surface area contributed by atoms with Crippen molar-refractivity contribution in [2.75, 3.05) is 4.90 Å². The Morgan fingerprint density at radius 1 is 0.638 bits per heavy atom. The van der Waals surface area contributed by atoms with Crippen LogP contribution in [0.25, 0.3) is 0 Å². The lowest BCUT2D eigenvalue weighted by atomic mass is 9.81. The second-order valence-corrected chi connectivity index (χ2v) is 12.6. The first-order chi connectivity index (χ1) is 22.6. The highest BCUT2D eigenvalue weighted by molar-refractivity contribution is 6.34. The van der Waals surface area contributed by atoms with E-state index in [0.29, 0.717) is 38.8 Å². The first-order valence-corrected chi connectivity index (χ1v) is 15.9. The molecular weight excluding hydrogens is 683 g/mol. The summed E-state index contributed by atoms with van der Waals surface area (Å²) in [6.45, 7) is 3.57. The van der Waals surface area contributed by atoms with Crippen LogP contribution in [0.4, 0.5) is 21.7 Å². The van der Waals surface area contributed by atoms with Crippen molar-refractivity contribution in [2.45, 2.75) is 19.8 Å². The molecule has 0 saturated carbocycles. The van der Waals surface area contributed by atoms with Gasteiger partial charge in [-0.2, -0.15) is 19.6 Å². The van der Waals surface area contributed by atoms with E-state index in [1.165, 1.54) is 27.6 Å². The van der Waals surface area contributed by atoms with Crippen molar-refractivity contribution in [2.24, 2.45) is 0 Å². The van der Waals surface area contributed by atoms with E-state index < -0.39 is 23.5 Å². The van der Waals surface area contributed by atoms with Crippen molar-refractivity contribution in [3.05, 3.63) is 156 Å². The van der Waals surface area contributed by atoms with Crippen LogP contribution in [-0.2, 0) is 0 Å². The number of hydrogen-bond donors (Lipinski definition) is 0. The van der Waals surface area contributed by atoms with Crippen molar-refractivity contribution >= 4 is 75.5 Å². The summed E-state index contributed by atoms with van der Waals surface area (Å²) in [6.07, 6.45) is 0. The first-order valence-electron chi connectivity index (χ1n) is 14.4. The molecule has 0 radical (unpaired) electrons. The molecule has 3 heterocycles. The Bertz CT molecular complexity index is 2150. The van der Waals surface area contributed by atoms with Crippen LogP contribution in [-0.4, -0.2) is 31.4 Å². The minimum absolute atomic E-state index is 0.167. The fraction of sp³-hybridized carbons (Fsp3) is 0.0857. The summed E-state index contributed by atoms with van der Waals surface area (Å²) in [6, 6.07) is 24.7. The summed E-state index contributed by atoms with van der Waals surface area (Å²) >= 11 is 26.2. The molecule has 0 N–H and O–H groups in total. The Morgan fingerprint density at radius 3 is 1.57 bits per heavy atom. The molecular formula is C35H22Cl4FN5O2. The molecule has 7 nitrogen and oxygen atoms in total. The molecule has 234 valence electrons. The average molecular weight is 705 g/mol. The minimum Gasteiger partial charge on any atom is -0.278 e. The fourth-order valence-corrected chi connectivity index (χ4v) is 6.93. The Kier molecular flexibility index (Phi) is 7.92. The number of carbonyl (C=O) groups excluding carboxylic acids is 2. The topological polar surface area (TPSA) is 73.0 Å². The average Bonchev–Trinajstić information content (AvgIpc) is 3.58. The molecule has 0 aliphatic carbocycles. The lowest BCUT2D eigenvalue weighted by Crippen LogP contribution is -2.30. The summed E-state index contributed by atoms with van der Waals surface area (Å²) in [5.74, 6) is -1.77. The molecule has 0 fully saturated rings. The molecule has 12 heteroatoms. The van der Waals surface area contributed by atoms with Gasteiger partial charge in [0.1, 0.15) is 5.82 Å². The van der Waals surface area contributed by atoms with Crippen molar-refractivity contribution < 1.29 is 14.0 Å². The van der Waals surface area contributed by atoms with E-state index >= 15 is 0 Å². The van der Waals surface area contributed by atoms with Gasteiger partial charge in [0.25, 0.3) is 11.8 Å². The highest BCUT2D eigenvalue weighted by atomic mass is 35.5. The van der Waals surface area contributed by atoms with E-state index in [2.05, 4.69) is 0 Å². The highest BCUT2D eigenvalue weighted by Crippen LogP contribution is 2.55. The third kappa shape index (κ3) is 5.03. The number of halogens is 5. The minimum atomic E-state index is -0.643. The number of fused-ring (bicyclic) bond motifs is 2. The molecule has 4 aromatic carbocycles. The lowest BCUT2D eigenvalue weighted by Gasteiger charge is -2.35. The van der Waals surface area contributed by atoms with Crippen molar-refractivity contribution in [3.8, 4) is 0 Å². The zero-order valence-electron chi connectivity index (χ0n) is 24.7. The number of benzene rings is 4. The molecule has 0 bridgehead atoms. The normalized spacial score (nSPS) is 12.6. The van der Waals surface area contributed by atoms with Crippen LogP contribution in [0, 0.1) is 19.7 Å². The van der Waals surface area contributed by atoms with Gasteiger partial charge in [0.2, 0.25) is 0 Å². The van der Waals surface area contributed by atoms with Gasteiger partial charge in [-0.1, -0.05) is 88.9 Å².